The molecule has 3 aromatic carbocycles. The molecule has 2 heterocycles. The van der Waals surface area contributed by atoms with Crippen molar-refractivity contribution in [2.45, 2.75) is 26.0 Å². The summed E-state index contributed by atoms with van der Waals surface area (Å²) in [4.78, 5) is 27.9. The van der Waals surface area contributed by atoms with Gasteiger partial charge in [-0.15, -0.1) is 0 Å². The molecule has 1 N–H and O–H groups in total. The van der Waals surface area contributed by atoms with Crippen LogP contribution in [0.3, 0.4) is 0 Å². The molecule has 7 heteroatoms. The van der Waals surface area contributed by atoms with Gasteiger partial charge in [0, 0.05) is 12.1 Å². The van der Waals surface area contributed by atoms with Gasteiger partial charge in [-0.1, -0.05) is 42.5 Å². The number of nitrogens with zero attached hydrogens (tertiary/aromatic N) is 1. The first-order chi connectivity index (χ1) is 19.0. The third kappa shape index (κ3) is 5.43. The van der Waals surface area contributed by atoms with E-state index in [2.05, 4.69) is 0 Å². The minimum atomic E-state index is -0.840. The first kappa shape index (κ1) is 25.9. The minimum Gasteiger partial charge on any atom is -0.507 e. The summed E-state index contributed by atoms with van der Waals surface area (Å²) in [5, 5.41) is 11.3. The molecule has 0 saturated carbocycles. The molecule has 1 atom stereocenters. The normalized spacial score (nSPS) is 16.5. The Morgan fingerprint density at radius 3 is 2.38 bits per heavy atom. The number of ketones is 1. The van der Waals surface area contributed by atoms with Crippen molar-refractivity contribution in [2.75, 3.05) is 13.7 Å². The summed E-state index contributed by atoms with van der Waals surface area (Å²) in [7, 11) is 1.60. The van der Waals surface area contributed by atoms with Crippen molar-refractivity contribution in [1.82, 2.24) is 4.90 Å². The number of amides is 1. The van der Waals surface area contributed by atoms with Crippen molar-refractivity contribution in [2.24, 2.45) is 0 Å². The standard InChI is InChI=1S/C32H29NO6/c1-21-19-24(12-15-26(21)39-20-23-7-4-3-5-8-23)30(34)28-29(27-9-6-18-38-27)33(32(36)31(28)35)17-16-22-10-13-25(37-2)14-11-22/h3-15,18-19,29,34H,16-17,20H2,1-2H3/b30-28-. The number of Topliss-reactive ketones (excluding diaryl/α,β-unsaturated/α-hetero) is 1. The Balaban J connectivity index is 1.42. The molecule has 1 fully saturated rings. The number of hydrogen-bond acceptors (Lipinski definition) is 6. The Labute approximate surface area is 226 Å². The van der Waals surface area contributed by atoms with Gasteiger partial charge in [-0.3, -0.25) is 9.59 Å². The second kappa shape index (κ2) is 11.3. The lowest BCUT2D eigenvalue weighted by molar-refractivity contribution is -0.140. The third-order valence-electron chi connectivity index (χ3n) is 6.84. The monoisotopic (exact) mass is 523 g/mol. The zero-order valence-corrected chi connectivity index (χ0v) is 21.8. The van der Waals surface area contributed by atoms with Crippen molar-refractivity contribution in [3.8, 4) is 11.5 Å². The largest absolute Gasteiger partial charge is 0.507 e. The summed E-state index contributed by atoms with van der Waals surface area (Å²) in [5.74, 6) is 0.139. The van der Waals surface area contributed by atoms with Crippen LogP contribution in [-0.2, 0) is 22.6 Å². The van der Waals surface area contributed by atoms with Crippen LogP contribution in [-0.4, -0.2) is 35.4 Å². The lowest BCUT2D eigenvalue weighted by Gasteiger charge is -2.23. The van der Waals surface area contributed by atoms with Gasteiger partial charge in [0.25, 0.3) is 11.7 Å². The topological polar surface area (TPSA) is 89.2 Å². The summed E-state index contributed by atoms with van der Waals surface area (Å²) in [5.41, 5.74) is 3.24. The van der Waals surface area contributed by atoms with Gasteiger partial charge < -0.3 is 23.9 Å². The van der Waals surface area contributed by atoms with Crippen LogP contribution in [0.4, 0.5) is 0 Å². The SMILES string of the molecule is COc1ccc(CCN2C(=O)C(=O)/C(=C(\O)c3ccc(OCc4ccccc4)c(C)c3)C2c2ccco2)cc1. The lowest BCUT2D eigenvalue weighted by atomic mass is 9.98. The lowest BCUT2D eigenvalue weighted by Crippen LogP contribution is -2.31. The number of aliphatic hydroxyl groups is 1. The number of furan rings is 1. The zero-order valence-electron chi connectivity index (χ0n) is 21.8. The van der Waals surface area contributed by atoms with Crippen LogP contribution in [0, 0.1) is 6.92 Å². The summed E-state index contributed by atoms with van der Waals surface area (Å²) in [6.45, 7) is 2.55. The minimum absolute atomic E-state index is 0.00188. The van der Waals surface area contributed by atoms with E-state index in [0.717, 1.165) is 22.4 Å². The van der Waals surface area contributed by atoms with E-state index in [1.165, 1.54) is 11.2 Å². The van der Waals surface area contributed by atoms with Crippen molar-refractivity contribution < 1.29 is 28.6 Å². The molecule has 1 unspecified atom stereocenters. The van der Waals surface area contributed by atoms with Crippen molar-refractivity contribution >= 4 is 17.4 Å². The van der Waals surface area contributed by atoms with Gasteiger partial charge in [0.1, 0.15) is 35.7 Å². The van der Waals surface area contributed by atoms with Crippen LogP contribution in [0.1, 0.15) is 34.1 Å². The number of aliphatic hydroxyl groups excluding tert-OH is 1. The van der Waals surface area contributed by atoms with Crippen LogP contribution < -0.4 is 9.47 Å². The highest BCUT2D eigenvalue weighted by molar-refractivity contribution is 6.46. The van der Waals surface area contributed by atoms with E-state index in [0.29, 0.717) is 30.1 Å². The Morgan fingerprint density at radius 2 is 1.72 bits per heavy atom. The zero-order chi connectivity index (χ0) is 27.4. The molecular formula is C32H29NO6. The number of aryl methyl sites for hydroxylation is 1. The number of carbonyl (C=O) groups excluding carboxylic acids is 2. The fourth-order valence-corrected chi connectivity index (χ4v) is 4.74. The number of likely N-dealkylation sites (tertiary alicyclic amines) is 1. The first-order valence-electron chi connectivity index (χ1n) is 12.7. The van der Waals surface area contributed by atoms with Crippen LogP contribution in [0.5, 0.6) is 11.5 Å². The summed E-state index contributed by atoms with van der Waals surface area (Å²) < 4.78 is 16.8. The number of methoxy groups -OCH3 is 1. The Morgan fingerprint density at radius 1 is 0.949 bits per heavy atom. The highest BCUT2D eigenvalue weighted by Crippen LogP contribution is 2.40. The molecule has 0 spiro atoms. The average Bonchev–Trinajstić information content (AvgIpc) is 3.58. The van der Waals surface area contributed by atoms with E-state index < -0.39 is 17.7 Å². The molecule has 0 aliphatic carbocycles. The van der Waals surface area contributed by atoms with E-state index in [1.54, 1.807) is 37.4 Å². The smallest absolute Gasteiger partial charge is 0.295 e. The third-order valence-corrected chi connectivity index (χ3v) is 6.84. The highest BCUT2D eigenvalue weighted by atomic mass is 16.5. The van der Waals surface area contributed by atoms with Gasteiger partial charge in [-0.25, -0.2) is 0 Å². The average molecular weight is 524 g/mol. The van der Waals surface area contributed by atoms with Crippen LogP contribution >= 0.6 is 0 Å². The fourth-order valence-electron chi connectivity index (χ4n) is 4.74. The predicted molar refractivity (Wildman–Crippen MR) is 146 cm³/mol. The molecule has 7 nitrogen and oxygen atoms in total. The quantitative estimate of drug-likeness (QED) is 0.168. The van der Waals surface area contributed by atoms with E-state index >= 15 is 0 Å². The molecule has 1 saturated heterocycles. The predicted octanol–water partition coefficient (Wildman–Crippen LogP) is 5.84. The first-order valence-corrected chi connectivity index (χ1v) is 12.7. The molecule has 5 rings (SSSR count). The maximum Gasteiger partial charge on any atom is 0.295 e. The maximum atomic E-state index is 13.3. The van der Waals surface area contributed by atoms with Crippen LogP contribution in [0.25, 0.3) is 5.76 Å². The molecule has 0 radical (unpaired) electrons. The van der Waals surface area contributed by atoms with E-state index in [-0.39, 0.29) is 17.9 Å². The van der Waals surface area contributed by atoms with Crippen molar-refractivity contribution in [1.29, 1.82) is 0 Å². The summed E-state index contributed by atoms with van der Waals surface area (Å²) >= 11 is 0. The molecule has 198 valence electrons. The Kier molecular flexibility index (Phi) is 7.50. The van der Waals surface area contributed by atoms with Gasteiger partial charge in [-0.05, 0) is 72.5 Å². The Bertz CT molecular complexity index is 1490. The molecule has 1 aromatic heterocycles. The van der Waals surface area contributed by atoms with Gasteiger partial charge in [0.05, 0.1) is 18.9 Å². The molecule has 0 bridgehead atoms. The van der Waals surface area contributed by atoms with Gasteiger partial charge >= 0.3 is 0 Å². The van der Waals surface area contributed by atoms with E-state index in [4.69, 9.17) is 13.9 Å². The number of rotatable bonds is 9. The number of ether oxygens (including phenoxy) is 2. The van der Waals surface area contributed by atoms with Gasteiger partial charge in [0.15, 0.2) is 0 Å². The summed E-state index contributed by atoms with van der Waals surface area (Å²) in [6, 6.07) is 25.1. The maximum absolute atomic E-state index is 13.3. The van der Waals surface area contributed by atoms with Crippen molar-refractivity contribution in [3.05, 3.63) is 125 Å². The van der Waals surface area contributed by atoms with Crippen LogP contribution in [0.15, 0.2) is 101 Å². The van der Waals surface area contributed by atoms with Crippen molar-refractivity contribution in [3.63, 3.8) is 0 Å². The second-order valence-electron chi connectivity index (χ2n) is 9.36. The van der Waals surface area contributed by atoms with E-state index in [9.17, 15) is 14.7 Å². The molecule has 39 heavy (non-hydrogen) atoms. The number of benzene rings is 3. The molecule has 1 aliphatic rings. The molecule has 1 aliphatic heterocycles. The molecule has 4 aromatic rings. The number of hydrogen-bond donors (Lipinski definition) is 1. The fraction of sp³-hybridized carbons (Fsp3) is 0.188. The highest BCUT2D eigenvalue weighted by Gasteiger charge is 2.47. The van der Waals surface area contributed by atoms with Gasteiger partial charge in [0.2, 0.25) is 0 Å². The van der Waals surface area contributed by atoms with E-state index in [1.807, 2.05) is 61.5 Å². The van der Waals surface area contributed by atoms with Gasteiger partial charge in [-0.2, -0.15) is 0 Å². The van der Waals surface area contributed by atoms with Crippen LogP contribution in [0.2, 0.25) is 0 Å². The Hall–Kier alpha value is -4.78. The molecule has 1 amide bonds. The second-order valence-corrected chi connectivity index (χ2v) is 9.36. The summed E-state index contributed by atoms with van der Waals surface area (Å²) in [6.07, 6.45) is 2.00. The molecular weight excluding hydrogens is 494 g/mol. The number of carbonyl (C=O) groups is 2.